The number of ether oxygens (including phenoxy) is 2. The number of fused-ring (bicyclic) bond motifs is 2. The molecule has 4 nitrogen and oxygen atoms in total. The third kappa shape index (κ3) is 0.536. The van der Waals surface area contributed by atoms with Crippen molar-refractivity contribution in [3.63, 3.8) is 0 Å². The lowest BCUT2D eigenvalue weighted by molar-refractivity contribution is -0.158. The molecule has 8 aliphatic rings. The molecule has 8 rings (SSSR count). The lowest BCUT2D eigenvalue weighted by atomic mass is 9.47. The summed E-state index contributed by atoms with van der Waals surface area (Å²) in [6.07, 6.45) is 1.13. The van der Waals surface area contributed by atoms with Gasteiger partial charge in [-0.25, -0.2) is 0 Å². The van der Waals surface area contributed by atoms with Crippen molar-refractivity contribution < 1.29 is 19.1 Å². The molecule has 0 aromatic rings. The van der Waals surface area contributed by atoms with Crippen molar-refractivity contribution in [3.8, 4) is 0 Å². The fraction of sp³-hybridized carbons (Fsp3) is 0.875. The van der Waals surface area contributed by atoms with Gasteiger partial charge in [0.25, 0.3) is 0 Å². The molecule has 2 aliphatic heterocycles. The van der Waals surface area contributed by atoms with E-state index in [1.165, 1.54) is 0 Å². The van der Waals surface area contributed by atoms with Gasteiger partial charge in [-0.2, -0.15) is 0 Å². The summed E-state index contributed by atoms with van der Waals surface area (Å²) in [6.45, 7) is 3.46. The molecule has 6 saturated carbocycles. The van der Waals surface area contributed by atoms with Crippen LogP contribution in [-0.4, -0.2) is 36.0 Å². The molecule has 0 radical (unpaired) electrons. The van der Waals surface area contributed by atoms with Crippen LogP contribution in [0.25, 0.3) is 0 Å². The Morgan fingerprint density at radius 3 is 1.25 bits per heavy atom. The van der Waals surface area contributed by atoms with Gasteiger partial charge in [-0.15, -0.1) is 0 Å². The number of carbonyl (C=O) groups excluding carboxylic acids is 2. The van der Waals surface area contributed by atoms with Crippen molar-refractivity contribution >= 4 is 11.6 Å². The molecule has 4 unspecified atom stereocenters. The number of carbonyl (C=O) groups is 2. The van der Waals surface area contributed by atoms with Gasteiger partial charge in [0.05, 0.1) is 35.2 Å². The van der Waals surface area contributed by atoms with Gasteiger partial charge in [-0.1, -0.05) is 0 Å². The number of hydrogen-bond donors (Lipinski definition) is 0. The van der Waals surface area contributed by atoms with Gasteiger partial charge in [0.2, 0.25) is 0 Å². The summed E-state index contributed by atoms with van der Waals surface area (Å²) in [5.74, 6) is 2.98. The SMILES string of the molecule is CC(=O)C12[C@@H]3C4C5[C@H]1[C@@H]1O[C@@H]1[C@H]5C2(C(C)=O)[C@H]4[C@H]1O[C@H]13. The largest absolute Gasteiger partial charge is 0.369 e. The molecule has 8 fully saturated rings. The van der Waals surface area contributed by atoms with Crippen LogP contribution >= 0.6 is 0 Å². The maximum absolute atomic E-state index is 12.8. The lowest BCUT2D eigenvalue weighted by Gasteiger charge is -2.50. The summed E-state index contributed by atoms with van der Waals surface area (Å²) in [7, 11) is 0. The van der Waals surface area contributed by atoms with Crippen molar-refractivity contribution in [1.82, 2.24) is 0 Å². The van der Waals surface area contributed by atoms with E-state index in [0.717, 1.165) is 0 Å². The smallest absolute Gasteiger partial charge is 0.137 e. The molecule has 0 spiro atoms. The Hall–Kier alpha value is -0.740. The molecule has 2 heterocycles. The number of hydrogen-bond acceptors (Lipinski definition) is 4. The van der Waals surface area contributed by atoms with Gasteiger partial charge in [-0.05, 0) is 25.7 Å². The number of Topliss-reactive ketones (excluding diaryl/α,β-unsaturated/α-hetero) is 2. The minimum absolute atomic E-state index is 0.253. The summed E-state index contributed by atoms with van der Waals surface area (Å²) >= 11 is 0. The highest BCUT2D eigenvalue weighted by molar-refractivity contribution is 5.99. The van der Waals surface area contributed by atoms with Crippen molar-refractivity contribution in [2.24, 2.45) is 46.3 Å². The van der Waals surface area contributed by atoms with Gasteiger partial charge in [-0.3, -0.25) is 9.59 Å². The molecule has 0 amide bonds. The first-order valence-corrected chi connectivity index (χ1v) is 7.92. The molecule has 6 aliphatic carbocycles. The Morgan fingerprint density at radius 2 is 1.00 bits per heavy atom. The highest BCUT2D eigenvalue weighted by Crippen LogP contribution is 2.97. The number of ketones is 2. The predicted octanol–water partition coefficient (Wildman–Crippen LogP) is 0.437. The third-order valence-corrected chi connectivity index (χ3v) is 8.59. The van der Waals surface area contributed by atoms with Crippen LogP contribution in [0, 0.1) is 46.3 Å². The first-order chi connectivity index (χ1) is 9.59. The van der Waals surface area contributed by atoms with E-state index in [9.17, 15) is 9.59 Å². The minimum atomic E-state index is -0.418. The van der Waals surface area contributed by atoms with Crippen LogP contribution in [-0.2, 0) is 19.1 Å². The van der Waals surface area contributed by atoms with Crippen LogP contribution in [0.5, 0.6) is 0 Å². The van der Waals surface area contributed by atoms with Gasteiger partial charge < -0.3 is 9.47 Å². The topological polar surface area (TPSA) is 59.2 Å². The third-order valence-electron chi connectivity index (χ3n) is 8.59. The zero-order valence-corrected chi connectivity index (χ0v) is 11.4. The van der Waals surface area contributed by atoms with Crippen LogP contribution < -0.4 is 0 Å². The lowest BCUT2D eigenvalue weighted by Crippen LogP contribution is -2.61. The molecule has 104 valence electrons. The van der Waals surface area contributed by atoms with Gasteiger partial charge in [0, 0.05) is 23.7 Å². The summed E-state index contributed by atoms with van der Waals surface area (Å²) in [5.41, 5.74) is -0.836. The van der Waals surface area contributed by atoms with E-state index in [0.29, 0.717) is 35.5 Å². The van der Waals surface area contributed by atoms with Crippen LogP contribution in [0.1, 0.15) is 13.8 Å². The molecule has 0 N–H and O–H groups in total. The molecule has 0 aromatic carbocycles. The Kier molecular flexibility index (Phi) is 1.13. The normalized spacial score (nSPS) is 77.9. The van der Waals surface area contributed by atoms with E-state index in [1.807, 2.05) is 0 Å². The van der Waals surface area contributed by atoms with Crippen molar-refractivity contribution in [3.05, 3.63) is 0 Å². The Balaban J connectivity index is 1.64. The second-order valence-electron chi connectivity index (χ2n) is 8.24. The van der Waals surface area contributed by atoms with E-state index >= 15 is 0 Å². The molecule has 0 aromatic heterocycles. The highest BCUT2D eigenvalue weighted by atomic mass is 16.6. The molecular weight excluding hydrogens is 256 g/mol. The Morgan fingerprint density at radius 1 is 0.700 bits per heavy atom. The van der Waals surface area contributed by atoms with E-state index in [1.54, 1.807) is 13.8 Å². The summed E-state index contributed by atoms with van der Waals surface area (Å²) in [5, 5.41) is 0. The highest BCUT2D eigenvalue weighted by Gasteiger charge is 3.03. The Labute approximate surface area is 116 Å². The average Bonchev–Trinajstić information content (AvgIpc) is 3.17. The van der Waals surface area contributed by atoms with Crippen molar-refractivity contribution in [2.45, 2.75) is 38.3 Å². The molecule has 20 heavy (non-hydrogen) atoms. The number of rotatable bonds is 2. The summed E-state index contributed by atoms with van der Waals surface area (Å²) in [6, 6.07) is 0. The maximum atomic E-state index is 12.8. The Bertz CT molecular complexity index is 565. The zero-order valence-electron chi connectivity index (χ0n) is 11.4. The second-order valence-corrected chi connectivity index (χ2v) is 8.24. The quantitative estimate of drug-likeness (QED) is 0.684. The monoisotopic (exact) mass is 272 g/mol. The summed E-state index contributed by atoms with van der Waals surface area (Å²) in [4.78, 5) is 25.6. The minimum Gasteiger partial charge on any atom is -0.369 e. The average molecular weight is 272 g/mol. The first kappa shape index (κ1) is 10.1. The fourth-order valence-corrected chi connectivity index (χ4v) is 9.03. The van der Waals surface area contributed by atoms with Crippen LogP contribution in [0.3, 0.4) is 0 Å². The molecule has 4 heteroatoms. The first-order valence-electron chi connectivity index (χ1n) is 7.92. The van der Waals surface area contributed by atoms with Crippen LogP contribution in [0.15, 0.2) is 0 Å². The second kappa shape index (κ2) is 2.24. The van der Waals surface area contributed by atoms with Crippen molar-refractivity contribution in [1.29, 1.82) is 0 Å². The molecule has 8 bridgehead atoms. The molecule has 2 saturated heterocycles. The van der Waals surface area contributed by atoms with Crippen molar-refractivity contribution in [2.75, 3.05) is 0 Å². The van der Waals surface area contributed by atoms with Gasteiger partial charge in [0.1, 0.15) is 11.6 Å². The summed E-state index contributed by atoms with van der Waals surface area (Å²) < 4.78 is 11.8. The van der Waals surface area contributed by atoms with Gasteiger partial charge >= 0.3 is 0 Å². The van der Waals surface area contributed by atoms with Gasteiger partial charge in [0.15, 0.2) is 0 Å². The van der Waals surface area contributed by atoms with Crippen LogP contribution in [0.4, 0.5) is 0 Å². The molecular formula is C16H16O4. The van der Waals surface area contributed by atoms with Crippen LogP contribution in [0.2, 0.25) is 0 Å². The predicted molar refractivity (Wildman–Crippen MR) is 64.5 cm³/mol. The van der Waals surface area contributed by atoms with E-state index < -0.39 is 10.8 Å². The van der Waals surface area contributed by atoms with E-state index in [2.05, 4.69) is 0 Å². The number of epoxide rings is 2. The fourth-order valence-electron chi connectivity index (χ4n) is 9.03. The zero-order chi connectivity index (χ0) is 13.3. The van der Waals surface area contributed by atoms with E-state index in [4.69, 9.17) is 9.47 Å². The maximum Gasteiger partial charge on any atom is 0.137 e. The van der Waals surface area contributed by atoms with E-state index in [-0.39, 0.29) is 36.0 Å². The molecule has 12 atom stereocenters. The standard InChI is InChI=1S/C16H16O4/c1-3(17)15-7-5-6-8(15)12-14(20-12)10(6)16(15,4(2)18)9(5)13-11(7)19-13/h5-14H,1-2H3/t5?,6?,7-,8+,9-,10+,11-,12-,13+,14+,15?,16?.